The molecule has 8 heteroatoms. The fraction of sp³-hybridized carbons (Fsp3) is 0.462. The number of nitriles is 1. The Kier molecular flexibility index (Phi) is 2.79. The van der Waals surface area contributed by atoms with Crippen molar-refractivity contribution in [3.8, 4) is 6.07 Å². The number of hydrogen-bond acceptors (Lipinski definition) is 7. The smallest absolute Gasteiger partial charge is 0.183 e. The molecule has 0 N–H and O–H groups in total. The average Bonchev–Trinajstić information content (AvgIpc) is 3.03. The maximum atomic E-state index is 9.17. The number of rotatable bonds is 1. The highest BCUT2D eigenvalue weighted by Crippen LogP contribution is 2.32. The van der Waals surface area contributed by atoms with Crippen LogP contribution >= 0.6 is 0 Å². The van der Waals surface area contributed by atoms with Crippen LogP contribution in [0.1, 0.15) is 23.9 Å². The van der Waals surface area contributed by atoms with E-state index < -0.39 is 0 Å². The fourth-order valence-corrected chi connectivity index (χ4v) is 3.01. The van der Waals surface area contributed by atoms with Crippen molar-refractivity contribution in [3.05, 3.63) is 30.0 Å². The maximum absolute atomic E-state index is 9.17. The van der Waals surface area contributed by atoms with Crippen LogP contribution < -0.4 is 4.90 Å². The van der Waals surface area contributed by atoms with Gasteiger partial charge in [0.25, 0.3) is 0 Å². The van der Waals surface area contributed by atoms with Gasteiger partial charge in [-0.2, -0.15) is 5.26 Å². The van der Waals surface area contributed by atoms with Gasteiger partial charge in [-0.25, -0.2) is 14.6 Å². The highest BCUT2D eigenvalue weighted by molar-refractivity contribution is 5.50. The Bertz CT molecular complexity index is 707. The van der Waals surface area contributed by atoms with Crippen molar-refractivity contribution in [2.75, 3.05) is 18.0 Å². The van der Waals surface area contributed by atoms with Crippen LogP contribution in [-0.2, 0) is 11.3 Å². The molecule has 4 heterocycles. The summed E-state index contributed by atoms with van der Waals surface area (Å²) < 4.78 is 7.81. The van der Waals surface area contributed by atoms with Crippen LogP contribution in [-0.4, -0.2) is 44.2 Å². The number of fused-ring (bicyclic) bond motifs is 3. The molecule has 0 amide bonds. The molecule has 0 saturated carbocycles. The second-order valence-corrected chi connectivity index (χ2v) is 5.16. The lowest BCUT2D eigenvalue weighted by atomic mass is 10.0. The average molecular weight is 283 g/mol. The number of ether oxygens (including phenoxy) is 1. The lowest BCUT2D eigenvalue weighted by Gasteiger charge is -2.41. The van der Waals surface area contributed by atoms with Gasteiger partial charge in [0.1, 0.15) is 6.07 Å². The largest absolute Gasteiger partial charge is 0.370 e. The predicted octanol–water partition coefficient (Wildman–Crippen LogP) is 0.290. The third kappa shape index (κ3) is 1.94. The first kappa shape index (κ1) is 12.2. The second kappa shape index (κ2) is 4.79. The number of nitrogens with zero attached hydrogens (tertiary/aromatic N) is 7. The van der Waals surface area contributed by atoms with E-state index in [0.717, 1.165) is 18.7 Å². The standard InChI is InChI=1S/C13H13N7O/c14-5-10-13(16-3-2-15-10)19-4-1-12-11(7-19)20-9(8-21-12)6-17-18-20/h2-3,6,11-12H,1,4,7-8H2/t11-,12-/m0/s1. The maximum Gasteiger partial charge on any atom is 0.183 e. The first-order valence-corrected chi connectivity index (χ1v) is 6.83. The van der Waals surface area contributed by atoms with Crippen LogP contribution in [0.25, 0.3) is 0 Å². The van der Waals surface area contributed by atoms with Gasteiger partial charge in [-0.15, -0.1) is 5.10 Å². The molecule has 2 aromatic heterocycles. The topological polar surface area (TPSA) is 92.8 Å². The van der Waals surface area contributed by atoms with Crippen LogP contribution in [0.4, 0.5) is 5.82 Å². The zero-order valence-electron chi connectivity index (χ0n) is 11.3. The van der Waals surface area contributed by atoms with E-state index in [1.807, 2.05) is 4.68 Å². The molecule has 2 aliphatic heterocycles. The monoisotopic (exact) mass is 283 g/mol. The molecule has 21 heavy (non-hydrogen) atoms. The van der Waals surface area contributed by atoms with Crippen molar-refractivity contribution in [3.63, 3.8) is 0 Å². The molecule has 4 rings (SSSR count). The molecular weight excluding hydrogens is 270 g/mol. The molecule has 0 unspecified atom stereocenters. The van der Waals surface area contributed by atoms with E-state index in [2.05, 4.69) is 31.2 Å². The van der Waals surface area contributed by atoms with Crippen molar-refractivity contribution >= 4 is 5.82 Å². The van der Waals surface area contributed by atoms with Crippen molar-refractivity contribution in [1.29, 1.82) is 5.26 Å². The summed E-state index contributed by atoms with van der Waals surface area (Å²) in [5.41, 5.74) is 1.34. The van der Waals surface area contributed by atoms with Gasteiger partial charge in [-0.3, -0.25) is 0 Å². The van der Waals surface area contributed by atoms with E-state index in [0.29, 0.717) is 24.7 Å². The highest BCUT2D eigenvalue weighted by atomic mass is 16.5. The van der Waals surface area contributed by atoms with Crippen LogP contribution in [0.3, 0.4) is 0 Å². The van der Waals surface area contributed by atoms with Gasteiger partial charge >= 0.3 is 0 Å². The molecule has 8 nitrogen and oxygen atoms in total. The summed E-state index contributed by atoms with van der Waals surface area (Å²) in [5.74, 6) is 0.630. The SMILES string of the molecule is N#Cc1nccnc1N1CC[C@@H]2OCc3cnnn3[C@H]2C1. The molecule has 0 bridgehead atoms. The van der Waals surface area contributed by atoms with Crippen molar-refractivity contribution in [1.82, 2.24) is 25.0 Å². The molecule has 1 fully saturated rings. The Morgan fingerprint density at radius 1 is 1.33 bits per heavy atom. The molecular formula is C13H13N7O. The van der Waals surface area contributed by atoms with Crippen molar-refractivity contribution in [2.45, 2.75) is 25.2 Å². The van der Waals surface area contributed by atoms with E-state index in [4.69, 9.17) is 4.74 Å². The summed E-state index contributed by atoms with van der Waals surface area (Å²) in [6, 6.07) is 2.19. The Morgan fingerprint density at radius 2 is 2.24 bits per heavy atom. The molecule has 0 radical (unpaired) electrons. The Morgan fingerprint density at radius 3 is 3.14 bits per heavy atom. The first-order valence-electron chi connectivity index (χ1n) is 6.83. The summed E-state index contributed by atoms with van der Waals surface area (Å²) in [6.45, 7) is 2.04. The lowest BCUT2D eigenvalue weighted by molar-refractivity contribution is -0.0373. The molecule has 0 aromatic carbocycles. The number of aromatic nitrogens is 5. The minimum absolute atomic E-state index is 0.0959. The van der Waals surface area contributed by atoms with E-state index in [1.54, 1.807) is 12.4 Å². The van der Waals surface area contributed by atoms with Gasteiger partial charge in [0.05, 0.1) is 30.6 Å². The minimum Gasteiger partial charge on any atom is -0.370 e. The summed E-state index contributed by atoms with van der Waals surface area (Å²) in [5, 5.41) is 17.3. The van der Waals surface area contributed by atoms with Crippen LogP contribution in [0.15, 0.2) is 18.6 Å². The Hall–Kier alpha value is -2.53. The number of anilines is 1. The number of piperidine rings is 1. The van der Waals surface area contributed by atoms with Crippen molar-refractivity contribution < 1.29 is 4.74 Å². The second-order valence-electron chi connectivity index (χ2n) is 5.16. The lowest BCUT2D eigenvalue weighted by Crippen LogP contribution is -2.48. The Balaban J connectivity index is 1.66. The number of hydrogen-bond donors (Lipinski definition) is 0. The fourth-order valence-electron chi connectivity index (χ4n) is 3.01. The minimum atomic E-state index is 0.0959. The summed E-state index contributed by atoms with van der Waals surface area (Å²) >= 11 is 0. The zero-order valence-corrected chi connectivity index (χ0v) is 11.3. The van der Waals surface area contributed by atoms with E-state index in [-0.39, 0.29) is 12.1 Å². The predicted molar refractivity (Wildman–Crippen MR) is 71.2 cm³/mol. The highest BCUT2D eigenvalue weighted by Gasteiger charge is 2.37. The summed E-state index contributed by atoms with van der Waals surface area (Å²) in [4.78, 5) is 10.5. The van der Waals surface area contributed by atoms with Gasteiger partial charge in [-0.05, 0) is 6.42 Å². The van der Waals surface area contributed by atoms with Crippen molar-refractivity contribution in [2.24, 2.45) is 0 Å². The molecule has 1 saturated heterocycles. The van der Waals surface area contributed by atoms with Crippen LogP contribution in [0.2, 0.25) is 0 Å². The molecule has 2 atom stereocenters. The van der Waals surface area contributed by atoms with E-state index in [1.165, 1.54) is 6.20 Å². The van der Waals surface area contributed by atoms with Gasteiger partial charge in [0.15, 0.2) is 11.5 Å². The quantitative estimate of drug-likeness (QED) is 0.742. The van der Waals surface area contributed by atoms with Crippen LogP contribution in [0.5, 0.6) is 0 Å². The third-order valence-electron chi connectivity index (χ3n) is 4.01. The van der Waals surface area contributed by atoms with Gasteiger partial charge in [0, 0.05) is 25.5 Å². The summed E-state index contributed by atoms with van der Waals surface area (Å²) in [6.07, 6.45) is 5.88. The molecule has 2 aliphatic rings. The summed E-state index contributed by atoms with van der Waals surface area (Å²) in [7, 11) is 0. The Labute approximate surface area is 121 Å². The molecule has 2 aromatic rings. The van der Waals surface area contributed by atoms with Crippen LogP contribution in [0, 0.1) is 11.3 Å². The first-order chi connectivity index (χ1) is 10.4. The van der Waals surface area contributed by atoms with E-state index >= 15 is 0 Å². The molecule has 0 spiro atoms. The van der Waals surface area contributed by atoms with Gasteiger partial charge in [0.2, 0.25) is 0 Å². The van der Waals surface area contributed by atoms with Gasteiger partial charge in [-0.1, -0.05) is 5.21 Å². The molecule has 0 aliphatic carbocycles. The third-order valence-corrected chi connectivity index (χ3v) is 4.01. The van der Waals surface area contributed by atoms with E-state index in [9.17, 15) is 5.26 Å². The zero-order chi connectivity index (χ0) is 14.2. The normalized spacial score (nSPS) is 24.0. The molecule has 106 valence electrons. The van der Waals surface area contributed by atoms with Gasteiger partial charge < -0.3 is 9.64 Å².